The maximum atomic E-state index is 13.3. The van der Waals surface area contributed by atoms with Gasteiger partial charge in [0.2, 0.25) is 0 Å². The standard InChI is InChI=1S/C12H16F3N/c1-7-4-5-10(6-11(7)13)8(2)16-9(3)12(14)15/h4-6,8-9,12,16H,1-3H3. The topological polar surface area (TPSA) is 12.0 Å². The van der Waals surface area contributed by atoms with E-state index in [1.54, 1.807) is 26.0 Å². The Hall–Kier alpha value is -1.03. The van der Waals surface area contributed by atoms with E-state index in [2.05, 4.69) is 5.32 Å². The minimum absolute atomic E-state index is 0.292. The lowest BCUT2D eigenvalue weighted by Crippen LogP contribution is -2.34. The molecule has 0 saturated heterocycles. The molecule has 1 rings (SSSR count). The Balaban J connectivity index is 2.73. The summed E-state index contributed by atoms with van der Waals surface area (Å²) in [6, 6.07) is 3.58. The summed E-state index contributed by atoms with van der Waals surface area (Å²) in [4.78, 5) is 0. The normalized spacial score (nSPS) is 15.2. The van der Waals surface area contributed by atoms with E-state index in [1.165, 1.54) is 13.0 Å². The molecule has 0 aromatic heterocycles. The summed E-state index contributed by atoms with van der Waals surface area (Å²) < 4.78 is 37.9. The molecule has 0 saturated carbocycles. The van der Waals surface area contributed by atoms with Gasteiger partial charge in [-0.1, -0.05) is 12.1 Å². The van der Waals surface area contributed by atoms with Crippen molar-refractivity contribution in [1.82, 2.24) is 5.32 Å². The van der Waals surface area contributed by atoms with Gasteiger partial charge >= 0.3 is 0 Å². The number of benzene rings is 1. The Morgan fingerprint density at radius 3 is 2.31 bits per heavy atom. The summed E-state index contributed by atoms with van der Waals surface area (Å²) in [6.45, 7) is 4.81. The van der Waals surface area contributed by atoms with E-state index in [-0.39, 0.29) is 11.9 Å². The van der Waals surface area contributed by atoms with E-state index in [1.807, 2.05) is 0 Å². The lowest BCUT2D eigenvalue weighted by Gasteiger charge is -2.20. The average molecular weight is 231 g/mol. The molecule has 0 aliphatic heterocycles. The first-order valence-corrected chi connectivity index (χ1v) is 5.22. The van der Waals surface area contributed by atoms with Crippen LogP contribution in [-0.2, 0) is 0 Å². The van der Waals surface area contributed by atoms with Gasteiger partial charge in [0, 0.05) is 6.04 Å². The highest BCUT2D eigenvalue weighted by atomic mass is 19.3. The molecule has 1 nitrogen and oxygen atoms in total. The number of rotatable bonds is 4. The Labute approximate surface area is 93.7 Å². The van der Waals surface area contributed by atoms with Crippen molar-refractivity contribution >= 4 is 0 Å². The fraction of sp³-hybridized carbons (Fsp3) is 0.500. The van der Waals surface area contributed by atoms with Crippen LogP contribution in [0.5, 0.6) is 0 Å². The molecule has 1 aromatic carbocycles. The van der Waals surface area contributed by atoms with Crippen molar-refractivity contribution in [3.05, 3.63) is 35.1 Å². The van der Waals surface area contributed by atoms with Gasteiger partial charge in [-0.25, -0.2) is 13.2 Å². The SMILES string of the molecule is Cc1ccc(C(C)NC(C)C(F)F)cc1F. The molecule has 0 aliphatic carbocycles. The highest BCUT2D eigenvalue weighted by molar-refractivity contribution is 5.25. The summed E-state index contributed by atoms with van der Waals surface area (Å²) in [6.07, 6.45) is -2.42. The summed E-state index contributed by atoms with van der Waals surface area (Å²) in [5.41, 5.74) is 1.23. The van der Waals surface area contributed by atoms with Crippen LogP contribution in [0.15, 0.2) is 18.2 Å². The highest BCUT2D eigenvalue weighted by Crippen LogP contribution is 2.17. The van der Waals surface area contributed by atoms with Gasteiger partial charge in [0.25, 0.3) is 6.43 Å². The molecule has 0 heterocycles. The Kier molecular flexibility index (Phi) is 4.35. The van der Waals surface area contributed by atoms with E-state index in [0.717, 1.165) is 0 Å². The van der Waals surface area contributed by atoms with Gasteiger partial charge in [-0.15, -0.1) is 0 Å². The van der Waals surface area contributed by atoms with Crippen LogP contribution in [0.1, 0.15) is 31.0 Å². The summed E-state index contributed by atoms with van der Waals surface area (Å²) in [5, 5.41) is 2.73. The third-order valence-corrected chi connectivity index (χ3v) is 2.59. The first-order chi connectivity index (χ1) is 7.41. The van der Waals surface area contributed by atoms with Crippen LogP contribution in [0.4, 0.5) is 13.2 Å². The average Bonchev–Trinajstić information content (AvgIpc) is 2.21. The van der Waals surface area contributed by atoms with Crippen molar-refractivity contribution in [3.8, 4) is 0 Å². The van der Waals surface area contributed by atoms with Gasteiger partial charge in [-0.2, -0.15) is 0 Å². The maximum absolute atomic E-state index is 13.3. The fourth-order valence-corrected chi connectivity index (χ4v) is 1.44. The van der Waals surface area contributed by atoms with Crippen molar-refractivity contribution in [2.75, 3.05) is 0 Å². The molecule has 1 N–H and O–H groups in total. The summed E-state index contributed by atoms with van der Waals surface area (Å²) in [5.74, 6) is -0.309. The van der Waals surface area contributed by atoms with E-state index >= 15 is 0 Å². The predicted octanol–water partition coefficient (Wildman–Crippen LogP) is 3.44. The van der Waals surface area contributed by atoms with E-state index in [0.29, 0.717) is 11.1 Å². The quantitative estimate of drug-likeness (QED) is 0.837. The Morgan fingerprint density at radius 1 is 1.19 bits per heavy atom. The molecule has 90 valence electrons. The zero-order valence-corrected chi connectivity index (χ0v) is 9.60. The minimum Gasteiger partial charge on any atom is -0.302 e. The first kappa shape index (κ1) is 13.0. The second-order valence-electron chi connectivity index (χ2n) is 4.02. The third kappa shape index (κ3) is 3.23. The van der Waals surface area contributed by atoms with Crippen LogP contribution in [0.3, 0.4) is 0 Å². The highest BCUT2D eigenvalue weighted by Gasteiger charge is 2.17. The van der Waals surface area contributed by atoms with E-state index in [4.69, 9.17) is 0 Å². The molecule has 0 bridgehead atoms. The van der Waals surface area contributed by atoms with E-state index < -0.39 is 12.5 Å². The van der Waals surface area contributed by atoms with Crippen LogP contribution in [0.25, 0.3) is 0 Å². The zero-order valence-electron chi connectivity index (χ0n) is 9.60. The molecule has 1 aromatic rings. The monoisotopic (exact) mass is 231 g/mol. The molecule has 16 heavy (non-hydrogen) atoms. The second-order valence-corrected chi connectivity index (χ2v) is 4.02. The van der Waals surface area contributed by atoms with Crippen molar-refractivity contribution in [2.24, 2.45) is 0 Å². The number of aryl methyl sites for hydroxylation is 1. The molecule has 2 atom stereocenters. The van der Waals surface area contributed by atoms with Crippen molar-refractivity contribution in [3.63, 3.8) is 0 Å². The van der Waals surface area contributed by atoms with Crippen LogP contribution in [0.2, 0.25) is 0 Å². The summed E-state index contributed by atoms with van der Waals surface area (Å²) in [7, 11) is 0. The van der Waals surface area contributed by atoms with Gasteiger partial charge < -0.3 is 5.32 Å². The largest absolute Gasteiger partial charge is 0.302 e. The molecule has 4 heteroatoms. The van der Waals surface area contributed by atoms with Gasteiger partial charge in [-0.05, 0) is 38.0 Å². The fourth-order valence-electron chi connectivity index (χ4n) is 1.44. The Bertz CT molecular complexity index is 352. The van der Waals surface area contributed by atoms with E-state index in [9.17, 15) is 13.2 Å². The molecular weight excluding hydrogens is 215 g/mol. The third-order valence-electron chi connectivity index (χ3n) is 2.59. The van der Waals surface area contributed by atoms with Gasteiger partial charge in [-0.3, -0.25) is 0 Å². The number of alkyl halides is 2. The minimum atomic E-state index is -2.42. The van der Waals surface area contributed by atoms with Crippen molar-refractivity contribution in [2.45, 2.75) is 39.3 Å². The number of hydrogen-bond donors (Lipinski definition) is 1. The smallest absolute Gasteiger partial charge is 0.253 e. The maximum Gasteiger partial charge on any atom is 0.253 e. The Morgan fingerprint density at radius 2 is 1.81 bits per heavy atom. The number of halogens is 3. The molecule has 0 amide bonds. The number of hydrogen-bond acceptors (Lipinski definition) is 1. The van der Waals surface area contributed by atoms with Crippen LogP contribution < -0.4 is 5.32 Å². The number of nitrogens with one attached hydrogen (secondary N) is 1. The van der Waals surface area contributed by atoms with Gasteiger partial charge in [0.15, 0.2) is 0 Å². The van der Waals surface area contributed by atoms with Crippen molar-refractivity contribution in [1.29, 1.82) is 0 Å². The summed E-state index contributed by atoms with van der Waals surface area (Å²) >= 11 is 0. The molecular formula is C12H16F3N. The lowest BCUT2D eigenvalue weighted by molar-refractivity contribution is 0.101. The first-order valence-electron chi connectivity index (χ1n) is 5.22. The lowest BCUT2D eigenvalue weighted by atomic mass is 10.1. The zero-order chi connectivity index (χ0) is 12.3. The van der Waals surface area contributed by atoms with Crippen LogP contribution in [0, 0.1) is 12.7 Å². The molecule has 0 radical (unpaired) electrons. The predicted molar refractivity (Wildman–Crippen MR) is 58.2 cm³/mol. The van der Waals surface area contributed by atoms with Crippen molar-refractivity contribution < 1.29 is 13.2 Å². The van der Waals surface area contributed by atoms with Gasteiger partial charge in [0.1, 0.15) is 5.82 Å². The molecule has 0 fully saturated rings. The molecule has 2 unspecified atom stereocenters. The van der Waals surface area contributed by atoms with Gasteiger partial charge in [0.05, 0.1) is 6.04 Å². The van der Waals surface area contributed by atoms with Crippen LogP contribution in [-0.4, -0.2) is 12.5 Å². The second kappa shape index (κ2) is 5.34. The van der Waals surface area contributed by atoms with Crippen LogP contribution >= 0.6 is 0 Å². The molecule has 0 aliphatic rings. The molecule has 0 spiro atoms.